The largest absolute Gasteiger partial charge is 0.496 e. The summed E-state index contributed by atoms with van der Waals surface area (Å²) in [5.74, 6) is -0.458. The second-order valence-corrected chi connectivity index (χ2v) is 6.14. The van der Waals surface area contributed by atoms with Crippen LogP contribution in [0.1, 0.15) is 30.4 Å². The average molecular weight is 347 g/mol. The number of carbonyl (C=O) groups is 2. The van der Waals surface area contributed by atoms with Crippen LogP contribution in [0, 0.1) is 6.92 Å². The van der Waals surface area contributed by atoms with Crippen LogP contribution in [0.4, 0.5) is 0 Å². The van der Waals surface area contributed by atoms with Gasteiger partial charge in [-0.1, -0.05) is 11.6 Å². The van der Waals surface area contributed by atoms with E-state index in [9.17, 15) is 9.59 Å². The predicted octanol–water partition coefficient (Wildman–Crippen LogP) is 2.50. The number of amides is 1. The zero-order chi connectivity index (χ0) is 18.2. The van der Waals surface area contributed by atoms with Crippen LogP contribution in [0.25, 0.3) is 6.08 Å². The van der Waals surface area contributed by atoms with Crippen molar-refractivity contribution in [3.8, 4) is 5.75 Å². The number of nitrogens with zero attached hydrogens (tertiary/aromatic N) is 1. The Morgan fingerprint density at radius 3 is 2.88 bits per heavy atom. The fraction of sp³-hybridized carbons (Fsp3) is 0.474. The van der Waals surface area contributed by atoms with Gasteiger partial charge in [0.15, 0.2) is 0 Å². The molecule has 1 aromatic carbocycles. The Labute approximate surface area is 148 Å². The molecular weight excluding hydrogens is 322 g/mol. The Kier molecular flexibility index (Phi) is 7.01. The Morgan fingerprint density at radius 2 is 2.24 bits per heavy atom. The Balaban J connectivity index is 2.08. The van der Waals surface area contributed by atoms with Gasteiger partial charge in [0.2, 0.25) is 5.91 Å². The normalized spacial score (nSPS) is 17.0. The van der Waals surface area contributed by atoms with Gasteiger partial charge >= 0.3 is 5.97 Å². The maximum atomic E-state index is 12.6. The van der Waals surface area contributed by atoms with Crippen LogP contribution in [-0.4, -0.2) is 54.8 Å². The summed E-state index contributed by atoms with van der Waals surface area (Å²) in [6.45, 7) is 3.25. The number of ether oxygens (including phenoxy) is 2. The van der Waals surface area contributed by atoms with E-state index in [2.05, 4.69) is 0 Å². The monoisotopic (exact) mass is 347 g/mol. The zero-order valence-electron chi connectivity index (χ0n) is 14.7. The summed E-state index contributed by atoms with van der Waals surface area (Å²) in [6, 6.07) is 5.73. The first-order chi connectivity index (χ1) is 12.0. The maximum Gasteiger partial charge on any atom is 0.305 e. The number of carbonyl (C=O) groups excluding carboxylic acids is 1. The number of aryl methyl sites for hydroxylation is 1. The molecule has 1 fully saturated rings. The van der Waals surface area contributed by atoms with Gasteiger partial charge in [-0.15, -0.1) is 0 Å². The first-order valence-corrected chi connectivity index (χ1v) is 8.44. The van der Waals surface area contributed by atoms with Crippen LogP contribution in [0.15, 0.2) is 24.3 Å². The van der Waals surface area contributed by atoms with Crippen molar-refractivity contribution in [2.75, 3.05) is 26.8 Å². The van der Waals surface area contributed by atoms with E-state index in [4.69, 9.17) is 14.6 Å². The highest BCUT2D eigenvalue weighted by Crippen LogP contribution is 2.21. The minimum absolute atomic E-state index is 0.0142. The van der Waals surface area contributed by atoms with Crippen LogP contribution in [-0.2, 0) is 14.3 Å². The molecule has 136 valence electrons. The van der Waals surface area contributed by atoms with Gasteiger partial charge in [-0.05, 0) is 38.0 Å². The summed E-state index contributed by atoms with van der Waals surface area (Å²) < 4.78 is 10.9. The van der Waals surface area contributed by atoms with Gasteiger partial charge < -0.3 is 19.5 Å². The lowest BCUT2D eigenvalue weighted by atomic mass is 10.1. The highest BCUT2D eigenvalue weighted by atomic mass is 16.5. The Bertz CT molecular complexity index is 635. The van der Waals surface area contributed by atoms with Crippen LogP contribution < -0.4 is 4.74 Å². The zero-order valence-corrected chi connectivity index (χ0v) is 14.7. The molecule has 0 saturated carbocycles. The van der Waals surface area contributed by atoms with Crippen molar-refractivity contribution in [1.29, 1.82) is 0 Å². The summed E-state index contributed by atoms with van der Waals surface area (Å²) in [5, 5.41) is 8.91. The number of carboxylic acid groups (broad SMARTS) is 1. The van der Waals surface area contributed by atoms with Gasteiger partial charge in [0.25, 0.3) is 0 Å². The molecule has 0 radical (unpaired) electrons. The molecule has 0 aromatic heterocycles. The summed E-state index contributed by atoms with van der Waals surface area (Å²) in [5.41, 5.74) is 1.88. The minimum Gasteiger partial charge on any atom is -0.496 e. The van der Waals surface area contributed by atoms with Crippen LogP contribution in [0.5, 0.6) is 5.75 Å². The Hall–Kier alpha value is -2.34. The third kappa shape index (κ3) is 5.90. The molecule has 1 aromatic rings. The molecular formula is C19H25NO5. The summed E-state index contributed by atoms with van der Waals surface area (Å²) in [7, 11) is 1.58. The molecule has 2 rings (SSSR count). The van der Waals surface area contributed by atoms with Crippen molar-refractivity contribution in [2.45, 2.75) is 32.3 Å². The van der Waals surface area contributed by atoms with Crippen molar-refractivity contribution < 1.29 is 24.2 Å². The smallest absolute Gasteiger partial charge is 0.305 e. The summed E-state index contributed by atoms with van der Waals surface area (Å²) in [4.78, 5) is 25.0. The maximum absolute atomic E-state index is 12.6. The number of aliphatic carboxylic acids is 1. The van der Waals surface area contributed by atoms with Gasteiger partial charge in [-0.3, -0.25) is 9.59 Å². The molecule has 1 aliphatic heterocycles. The first kappa shape index (κ1) is 19.0. The quantitative estimate of drug-likeness (QED) is 0.731. The van der Waals surface area contributed by atoms with E-state index >= 15 is 0 Å². The van der Waals surface area contributed by atoms with Crippen LogP contribution in [0.2, 0.25) is 0 Å². The number of hydrogen-bond donors (Lipinski definition) is 1. The molecule has 1 N–H and O–H groups in total. The minimum atomic E-state index is -0.922. The number of hydrogen-bond acceptors (Lipinski definition) is 4. The molecule has 0 spiro atoms. The van der Waals surface area contributed by atoms with E-state index in [-0.39, 0.29) is 25.0 Å². The molecule has 0 bridgehead atoms. The lowest BCUT2D eigenvalue weighted by molar-refractivity contribution is -0.138. The fourth-order valence-electron chi connectivity index (χ4n) is 2.81. The number of methoxy groups -OCH3 is 1. The van der Waals surface area contributed by atoms with Crippen molar-refractivity contribution in [3.05, 3.63) is 35.4 Å². The van der Waals surface area contributed by atoms with Crippen molar-refractivity contribution in [2.24, 2.45) is 0 Å². The lowest BCUT2D eigenvalue weighted by Gasteiger charge is -2.23. The second-order valence-electron chi connectivity index (χ2n) is 6.14. The number of rotatable bonds is 8. The SMILES string of the molecule is COc1ccc(C)cc1C=CC(=O)N(CCC(=O)O)CC1CCCO1. The molecule has 1 unspecified atom stereocenters. The molecule has 1 saturated heterocycles. The van der Waals surface area contributed by atoms with Gasteiger partial charge in [0.05, 0.1) is 19.6 Å². The third-order valence-electron chi connectivity index (χ3n) is 4.15. The molecule has 1 atom stereocenters. The van der Waals surface area contributed by atoms with Crippen molar-refractivity contribution in [3.63, 3.8) is 0 Å². The van der Waals surface area contributed by atoms with Crippen LogP contribution >= 0.6 is 0 Å². The second kappa shape index (κ2) is 9.22. The lowest BCUT2D eigenvalue weighted by Crippen LogP contribution is -2.37. The van der Waals surface area contributed by atoms with Gasteiger partial charge in [0.1, 0.15) is 5.75 Å². The van der Waals surface area contributed by atoms with Gasteiger partial charge in [-0.2, -0.15) is 0 Å². The standard InChI is InChI=1S/C19H25NO5/c1-14-5-7-17(24-2)15(12-14)6-8-18(21)20(10-9-19(22)23)13-16-4-3-11-25-16/h5-8,12,16H,3-4,9-11,13H2,1-2H3,(H,22,23). The van der Waals surface area contributed by atoms with E-state index in [1.54, 1.807) is 18.1 Å². The predicted molar refractivity (Wildman–Crippen MR) is 94.6 cm³/mol. The molecule has 1 heterocycles. The van der Waals surface area contributed by atoms with E-state index in [0.29, 0.717) is 18.9 Å². The molecule has 6 nitrogen and oxygen atoms in total. The average Bonchev–Trinajstić information content (AvgIpc) is 3.09. The molecule has 1 amide bonds. The van der Waals surface area contributed by atoms with Crippen molar-refractivity contribution in [1.82, 2.24) is 4.90 Å². The third-order valence-corrected chi connectivity index (χ3v) is 4.15. The highest BCUT2D eigenvalue weighted by molar-refractivity contribution is 5.92. The molecule has 1 aliphatic rings. The summed E-state index contributed by atoms with van der Waals surface area (Å²) >= 11 is 0. The first-order valence-electron chi connectivity index (χ1n) is 8.44. The van der Waals surface area contributed by atoms with E-state index < -0.39 is 5.97 Å². The number of carboxylic acids is 1. The molecule has 6 heteroatoms. The van der Waals surface area contributed by atoms with Crippen molar-refractivity contribution >= 4 is 18.0 Å². The highest BCUT2D eigenvalue weighted by Gasteiger charge is 2.22. The fourth-order valence-corrected chi connectivity index (χ4v) is 2.81. The van der Waals surface area contributed by atoms with E-state index in [1.165, 1.54) is 6.08 Å². The van der Waals surface area contributed by atoms with E-state index in [0.717, 1.165) is 24.0 Å². The molecule has 25 heavy (non-hydrogen) atoms. The molecule has 0 aliphatic carbocycles. The Morgan fingerprint density at radius 1 is 1.44 bits per heavy atom. The van der Waals surface area contributed by atoms with E-state index in [1.807, 2.05) is 25.1 Å². The van der Waals surface area contributed by atoms with Gasteiger partial charge in [-0.25, -0.2) is 0 Å². The van der Waals surface area contributed by atoms with Gasteiger partial charge in [0, 0.05) is 31.3 Å². The number of benzene rings is 1. The van der Waals surface area contributed by atoms with Crippen LogP contribution in [0.3, 0.4) is 0 Å². The summed E-state index contributed by atoms with van der Waals surface area (Å²) in [6.07, 6.45) is 4.94. The topological polar surface area (TPSA) is 76.1 Å².